The van der Waals surface area contributed by atoms with Crippen molar-refractivity contribution < 1.29 is 0 Å². The minimum atomic E-state index is 0.915. The van der Waals surface area contributed by atoms with E-state index in [9.17, 15) is 0 Å². The molecule has 63 valence electrons. The largest absolute Gasteiger partial charge is 0.253 e. The van der Waals surface area contributed by atoms with Gasteiger partial charge in [-0.05, 0) is 24.6 Å². The second-order valence-corrected chi connectivity index (χ2v) is 2.71. The third kappa shape index (κ3) is 1.56. The van der Waals surface area contributed by atoms with Crippen molar-refractivity contribution in [3.63, 3.8) is 0 Å². The lowest BCUT2D eigenvalue weighted by Gasteiger charge is -1.96. The first-order chi connectivity index (χ1) is 6.40. The highest BCUT2D eigenvalue weighted by atomic mass is 14.8. The fourth-order valence-corrected chi connectivity index (χ4v) is 1.22. The van der Waals surface area contributed by atoms with Gasteiger partial charge in [-0.1, -0.05) is 18.2 Å². The molecule has 2 nitrogen and oxygen atoms in total. The van der Waals surface area contributed by atoms with E-state index in [1.54, 1.807) is 18.5 Å². The number of allylic oxidation sites excluding steroid dienone is 1. The molecule has 2 heteroatoms. The summed E-state index contributed by atoms with van der Waals surface area (Å²) in [6, 6.07) is 5.94. The Bertz CT molecular complexity index is 447. The molecule has 0 aliphatic rings. The Hall–Kier alpha value is -1.70. The van der Waals surface area contributed by atoms with Crippen LogP contribution in [0.15, 0.2) is 36.7 Å². The SMILES string of the molecule is [CH2]/C=C/c1ccc2nccnc2c1. The topological polar surface area (TPSA) is 25.8 Å². The first-order valence-corrected chi connectivity index (χ1v) is 4.07. The Morgan fingerprint density at radius 2 is 1.85 bits per heavy atom. The van der Waals surface area contributed by atoms with Gasteiger partial charge in [0.25, 0.3) is 0 Å². The van der Waals surface area contributed by atoms with Crippen molar-refractivity contribution in [3.8, 4) is 0 Å². The predicted octanol–water partition coefficient (Wildman–Crippen LogP) is 2.48. The Balaban J connectivity index is 2.62. The molecule has 0 aliphatic carbocycles. The van der Waals surface area contributed by atoms with Gasteiger partial charge in [-0.25, -0.2) is 0 Å². The first-order valence-electron chi connectivity index (χ1n) is 4.07. The fraction of sp³-hybridized carbons (Fsp3) is 0. The maximum atomic E-state index is 4.21. The van der Waals surface area contributed by atoms with Crippen molar-refractivity contribution in [2.24, 2.45) is 0 Å². The van der Waals surface area contributed by atoms with Gasteiger partial charge >= 0.3 is 0 Å². The molecule has 0 atom stereocenters. The summed E-state index contributed by atoms with van der Waals surface area (Å²) in [6.07, 6.45) is 7.09. The van der Waals surface area contributed by atoms with Crippen LogP contribution in [0.4, 0.5) is 0 Å². The van der Waals surface area contributed by atoms with Crippen LogP contribution < -0.4 is 0 Å². The summed E-state index contributed by atoms with van der Waals surface area (Å²) in [7, 11) is 0. The van der Waals surface area contributed by atoms with Gasteiger partial charge in [-0.15, -0.1) is 0 Å². The zero-order chi connectivity index (χ0) is 9.10. The van der Waals surface area contributed by atoms with E-state index in [-0.39, 0.29) is 0 Å². The predicted molar refractivity (Wildman–Crippen MR) is 53.9 cm³/mol. The van der Waals surface area contributed by atoms with Gasteiger partial charge in [0.2, 0.25) is 0 Å². The average Bonchev–Trinajstić information content (AvgIpc) is 2.18. The normalized spacial score (nSPS) is 11.2. The van der Waals surface area contributed by atoms with Crippen LogP contribution in [0.2, 0.25) is 0 Å². The first kappa shape index (κ1) is 7.92. The molecule has 2 rings (SSSR count). The van der Waals surface area contributed by atoms with Crippen LogP contribution in [0.25, 0.3) is 17.1 Å². The van der Waals surface area contributed by atoms with Crippen molar-refractivity contribution in [1.29, 1.82) is 0 Å². The number of hydrogen-bond donors (Lipinski definition) is 0. The molecule has 0 saturated carbocycles. The van der Waals surface area contributed by atoms with Crippen molar-refractivity contribution in [2.75, 3.05) is 0 Å². The molecule has 0 N–H and O–H groups in total. The molecule has 1 aromatic heterocycles. The number of hydrogen-bond acceptors (Lipinski definition) is 2. The van der Waals surface area contributed by atoms with E-state index in [1.807, 2.05) is 24.3 Å². The summed E-state index contributed by atoms with van der Waals surface area (Å²) < 4.78 is 0. The fourth-order valence-electron chi connectivity index (χ4n) is 1.22. The summed E-state index contributed by atoms with van der Waals surface area (Å²) in [4.78, 5) is 8.39. The number of rotatable bonds is 1. The number of nitrogens with zero attached hydrogens (tertiary/aromatic N) is 2. The highest BCUT2D eigenvalue weighted by Gasteiger charge is 1.94. The second-order valence-electron chi connectivity index (χ2n) is 2.71. The molecular formula is C11H9N2. The highest BCUT2D eigenvalue weighted by Crippen LogP contribution is 2.11. The highest BCUT2D eigenvalue weighted by molar-refractivity contribution is 5.76. The van der Waals surface area contributed by atoms with Gasteiger partial charge in [-0.3, -0.25) is 9.97 Å². The van der Waals surface area contributed by atoms with E-state index in [4.69, 9.17) is 0 Å². The van der Waals surface area contributed by atoms with Crippen LogP contribution >= 0.6 is 0 Å². The number of fused-ring (bicyclic) bond motifs is 1. The van der Waals surface area contributed by atoms with Crippen molar-refractivity contribution in [1.82, 2.24) is 9.97 Å². The Morgan fingerprint density at radius 1 is 1.08 bits per heavy atom. The van der Waals surface area contributed by atoms with E-state index >= 15 is 0 Å². The molecule has 0 aliphatic heterocycles. The summed E-state index contributed by atoms with van der Waals surface area (Å²) in [5.41, 5.74) is 2.94. The molecule has 13 heavy (non-hydrogen) atoms. The molecule has 2 aromatic rings. The molecule has 0 saturated heterocycles. The number of aromatic nitrogens is 2. The van der Waals surface area contributed by atoms with Crippen molar-refractivity contribution in [3.05, 3.63) is 49.2 Å². The van der Waals surface area contributed by atoms with Crippen LogP contribution in [-0.2, 0) is 0 Å². The number of benzene rings is 1. The Labute approximate surface area is 77.0 Å². The zero-order valence-corrected chi connectivity index (χ0v) is 7.14. The van der Waals surface area contributed by atoms with E-state index < -0.39 is 0 Å². The maximum Gasteiger partial charge on any atom is 0.0892 e. The standard InChI is InChI=1S/C11H9N2/c1-2-3-9-4-5-10-11(8-9)13-7-6-12-10/h2-8H,1H2/b3-2+. The van der Waals surface area contributed by atoms with Crippen LogP contribution in [0.1, 0.15) is 5.56 Å². The lowest BCUT2D eigenvalue weighted by Crippen LogP contribution is -1.82. The molecule has 0 fully saturated rings. The van der Waals surface area contributed by atoms with Crippen LogP contribution in [-0.4, -0.2) is 9.97 Å². The maximum absolute atomic E-state index is 4.21. The van der Waals surface area contributed by atoms with Gasteiger partial charge in [-0.2, -0.15) is 0 Å². The quantitative estimate of drug-likeness (QED) is 0.655. The molecule has 1 aromatic carbocycles. The Kier molecular flexibility index (Phi) is 2.04. The summed E-state index contributed by atoms with van der Waals surface area (Å²) >= 11 is 0. The van der Waals surface area contributed by atoms with Crippen LogP contribution in [0, 0.1) is 6.92 Å². The van der Waals surface area contributed by atoms with E-state index in [2.05, 4.69) is 16.9 Å². The summed E-state index contributed by atoms with van der Waals surface area (Å²) in [5, 5.41) is 0. The summed E-state index contributed by atoms with van der Waals surface area (Å²) in [5.74, 6) is 0. The molecule has 0 spiro atoms. The summed E-state index contributed by atoms with van der Waals surface area (Å²) in [6.45, 7) is 3.64. The van der Waals surface area contributed by atoms with Gasteiger partial charge in [0.05, 0.1) is 11.0 Å². The molecule has 1 radical (unpaired) electrons. The third-order valence-corrected chi connectivity index (χ3v) is 1.80. The minimum absolute atomic E-state index is 0.915. The minimum Gasteiger partial charge on any atom is -0.253 e. The molecular weight excluding hydrogens is 160 g/mol. The average molecular weight is 169 g/mol. The van der Waals surface area contributed by atoms with Crippen LogP contribution in [0.3, 0.4) is 0 Å². The molecule has 0 unspecified atom stereocenters. The Morgan fingerprint density at radius 3 is 2.62 bits per heavy atom. The van der Waals surface area contributed by atoms with Crippen molar-refractivity contribution >= 4 is 17.1 Å². The van der Waals surface area contributed by atoms with Gasteiger partial charge in [0.1, 0.15) is 0 Å². The molecule has 0 amide bonds. The van der Waals surface area contributed by atoms with Crippen LogP contribution in [0.5, 0.6) is 0 Å². The monoisotopic (exact) mass is 169 g/mol. The van der Waals surface area contributed by atoms with E-state index in [0.29, 0.717) is 0 Å². The van der Waals surface area contributed by atoms with Gasteiger partial charge in [0.15, 0.2) is 0 Å². The van der Waals surface area contributed by atoms with E-state index in [1.165, 1.54) is 0 Å². The molecule has 0 bridgehead atoms. The smallest absolute Gasteiger partial charge is 0.0892 e. The van der Waals surface area contributed by atoms with E-state index in [0.717, 1.165) is 16.6 Å². The third-order valence-electron chi connectivity index (χ3n) is 1.80. The zero-order valence-electron chi connectivity index (χ0n) is 7.14. The molecule has 1 heterocycles. The van der Waals surface area contributed by atoms with Gasteiger partial charge in [0, 0.05) is 12.4 Å². The lowest BCUT2D eigenvalue weighted by atomic mass is 10.2. The van der Waals surface area contributed by atoms with Crippen molar-refractivity contribution in [2.45, 2.75) is 0 Å². The second kappa shape index (κ2) is 3.35. The lowest BCUT2D eigenvalue weighted by molar-refractivity contribution is 1.29. The van der Waals surface area contributed by atoms with Gasteiger partial charge < -0.3 is 0 Å².